The lowest BCUT2D eigenvalue weighted by molar-refractivity contribution is 0.150. The first-order valence-corrected chi connectivity index (χ1v) is 7.97. The van der Waals surface area contributed by atoms with Crippen molar-refractivity contribution in [1.29, 1.82) is 5.26 Å². The molecule has 7 nitrogen and oxygen atoms in total. The predicted molar refractivity (Wildman–Crippen MR) is 94.8 cm³/mol. The van der Waals surface area contributed by atoms with Gasteiger partial charge in [0.1, 0.15) is 18.2 Å². The Morgan fingerprint density at radius 2 is 2.00 bits per heavy atom. The Hall–Kier alpha value is -3.80. The molecule has 1 aromatic carbocycles. The third-order valence-corrected chi connectivity index (χ3v) is 4.15. The minimum absolute atomic E-state index is 0.0289. The quantitative estimate of drug-likeness (QED) is 0.562. The second-order valence-corrected chi connectivity index (χ2v) is 5.94. The highest BCUT2D eigenvalue weighted by atomic mass is 19.3. The Balaban J connectivity index is 1.93. The van der Waals surface area contributed by atoms with Crippen molar-refractivity contribution >= 4 is 16.7 Å². The summed E-state index contributed by atoms with van der Waals surface area (Å²) in [6.07, 6.45) is -1.19. The maximum absolute atomic E-state index is 13.5. The molecule has 3 aromatic heterocycles. The summed E-state index contributed by atoms with van der Waals surface area (Å²) in [5.74, 6) is 0.369. The normalized spacial score (nSPS) is 11.2. The zero-order valence-electron chi connectivity index (χ0n) is 14.1. The van der Waals surface area contributed by atoms with Crippen LogP contribution in [0.25, 0.3) is 22.7 Å². The van der Waals surface area contributed by atoms with E-state index in [0.717, 1.165) is 5.52 Å². The van der Waals surface area contributed by atoms with Crippen LogP contribution in [0, 0.1) is 18.3 Å². The monoisotopic (exact) mass is 365 g/mol. The van der Waals surface area contributed by atoms with E-state index >= 15 is 0 Å². The van der Waals surface area contributed by atoms with Gasteiger partial charge in [0, 0.05) is 11.4 Å². The van der Waals surface area contributed by atoms with Gasteiger partial charge in [0.05, 0.1) is 16.6 Å². The van der Waals surface area contributed by atoms with Gasteiger partial charge in [0.2, 0.25) is 0 Å². The zero-order chi connectivity index (χ0) is 19.1. The van der Waals surface area contributed by atoms with Crippen LogP contribution < -0.4 is 5.73 Å². The van der Waals surface area contributed by atoms with Crippen molar-refractivity contribution < 1.29 is 8.78 Å². The smallest absolute Gasteiger partial charge is 0.267 e. The molecule has 4 aromatic rings. The van der Waals surface area contributed by atoms with Gasteiger partial charge in [-0.3, -0.25) is 4.57 Å². The number of nitriles is 1. The molecule has 0 aliphatic heterocycles. The van der Waals surface area contributed by atoms with E-state index in [4.69, 9.17) is 11.0 Å². The lowest BCUT2D eigenvalue weighted by Gasteiger charge is -2.12. The number of halogens is 2. The topological polar surface area (TPSA) is 98.3 Å². The molecule has 0 spiro atoms. The third kappa shape index (κ3) is 2.77. The van der Waals surface area contributed by atoms with Crippen molar-refractivity contribution in [2.75, 3.05) is 5.73 Å². The first kappa shape index (κ1) is 16.7. The van der Waals surface area contributed by atoms with Crippen molar-refractivity contribution in [2.45, 2.75) is 13.3 Å². The summed E-state index contributed by atoms with van der Waals surface area (Å²) in [6, 6.07) is 11.4. The number of hydrogen-bond donors (Lipinski definition) is 1. The van der Waals surface area contributed by atoms with E-state index in [1.807, 2.05) is 6.07 Å². The number of hydrogen-bond acceptors (Lipinski definition) is 5. The highest BCUT2D eigenvalue weighted by Crippen LogP contribution is 2.28. The molecule has 0 aliphatic carbocycles. The molecule has 0 amide bonds. The summed E-state index contributed by atoms with van der Waals surface area (Å²) in [6.45, 7) is 1.67. The number of anilines is 1. The van der Waals surface area contributed by atoms with E-state index < -0.39 is 6.43 Å². The minimum Gasteiger partial charge on any atom is -0.399 e. The number of benzene rings is 1. The van der Waals surface area contributed by atoms with Gasteiger partial charge in [-0.1, -0.05) is 0 Å². The number of fused-ring (bicyclic) bond motifs is 1. The molecule has 0 unspecified atom stereocenters. The number of pyridine rings is 1. The van der Waals surface area contributed by atoms with Crippen LogP contribution in [0.1, 0.15) is 23.4 Å². The summed E-state index contributed by atoms with van der Waals surface area (Å²) in [5.41, 5.74) is 8.13. The van der Waals surface area contributed by atoms with E-state index in [1.54, 1.807) is 36.0 Å². The first-order chi connectivity index (χ1) is 13.0. The molecule has 0 bridgehead atoms. The van der Waals surface area contributed by atoms with E-state index in [0.29, 0.717) is 22.7 Å². The Morgan fingerprint density at radius 1 is 1.19 bits per heavy atom. The fourth-order valence-corrected chi connectivity index (χ4v) is 2.88. The molecule has 27 heavy (non-hydrogen) atoms. The molecule has 134 valence electrons. The van der Waals surface area contributed by atoms with Gasteiger partial charge >= 0.3 is 0 Å². The standard InChI is InChI=1S/C18H13F2N7/c1-10-6-12(8-21)25-27(10)18-13(17(19)20)3-5-16(24-18)26-9-23-14-7-11(22)2-4-15(14)26/h2-7,9,17H,22H2,1H3. The largest absolute Gasteiger partial charge is 0.399 e. The van der Waals surface area contributed by atoms with Gasteiger partial charge in [-0.25, -0.2) is 23.4 Å². The van der Waals surface area contributed by atoms with Crippen LogP contribution in [0.3, 0.4) is 0 Å². The number of nitrogens with zero attached hydrogens (tertiary/aromatic N) is 6. The third-order valence-electron chi connectivity index (χ3n) is 4.15. The Kier molecular flexibility index (Phi) is 3.81. The molecule has 0 radical (unpaired) electrons. The number of rotatable bonds is 3. The Morgan fingerprint density at radius 3 is 2.70 bits per heavy atom. The number of imidazole rings is 1. The molecule has 0 fully saturated rings. The maximum atomic E-state index is 13.5. The number of alkyl halides is 2. The van der Waals surface area contributed by atoms with Crippen LogP contribution in [0.5, 0.6) is 0 Å². The molecule has 0 saturated carbocycles. The lowest BCUT2D eigenvalue weighted by atomic mass is 10.2. The van der Waals surface area contributed by atoms with Gasteiger partial charge in [-0.05, 0) is 43.3 Å². The second-order valence-electron chi connectivity index (χ2n) is 5.94. The van der Waals surface area contributed by atoms with Gasteiger partial charge in [0.15, 0.2) is 11.5 Å². The molecule has 0 saturated heterocycles. The SMILES string of the molecule is Cc1cc(C#N)nn1-c1nc(-n2cnc3cc(N)ccc32)ccc1C(F)F. The van der Waals surface area contributed by atoms with E-state index in [1.165, 1.54) is 22.9 Å². The summed E-state index contributed by atoms with van der Waals surface area (Å²) >= 11 is 0. The maximum Gasteiger partial charge on any atom is 0.267 e. The van der Waals surface area contributed by atoms with E-state index in [2.05, 4.69) is 15.1 Å². The van der Waals surface area contributed by atoms with Crippen LogP contribution >= 0.6 is 0 Å². The van der Waals surface area contributed by atoms with Gasteiger partial charge in [-0.2, -0.15) is 10.4 Å². The highest BCUT2D eigenvalue weighted by molar-refractivity contribution is 5.80. The fraction of sp³-hybridized carbons (Fsp3) is 0.111. The van der Waals surface area contributed by atoms with Crippen molar-refractivity contribution in [3.63, 3.8) is 0 Å². The summed E-state index contributed by atoms with van der Waals surface area (Å²) < 4.78 is 30.0. The molecular weight excluding hydrogens is 352 g/mol. The van der Waals surface area contributed by atoms with Crippen LogP contribution in [-0.4, -0.2) is 24.3 Å². The summed E-state index contributed by atoms with van der Waals surface area (Å²) in [4.78, 5) is 8.67. The van der Waals surface area contributed by atoms with Gasteiger partial charge in [0.25, 0.3) is 6.43 Å². The Bertz CT molecular complexity index is 1200. The van der Waals surface area contributed by atoms with Gasteiger partial charge in [-0.15, -0.1) is 0 Å². The lowest BCUT2D eigenvalue weighted by Crippen LogP contribution is -2.09. The molecule has 0 aliphatic rings. The molecular formula is C18H13F2N7. The van der Waals surface area contributed by atoms with E-state index in [9.17, 15) is 8.78 Å². The summed E-state index contributed by atoms with van der Waals surface area (Å²) in [7, 11) is 0. The number of nitrogen functional groups attached to an aromatic ring is 1. The second kappa shape index (κ2) is 6.17. The van der Waals surface area contributed by atoms with Crippen LogP contribution in [-0.2, 0) is 0 Å². The average molecular weight is 365 g/mol. The van der Waals surface area contributed by atoms with Crippen molar-refractivity contribution in [1.82, 2.24) is 24.3 Å². The number of aromatic nitrogens is 5. The highest BCUT2D eigenvalue weighted by Gasteiger charge is 2.20. The first-order valence-electron chi connectivity index (χ1n) is 7.97. The van der Waals surface area contributed by atoms with Crippen LogP contribution in [0.2, 0.25) is 0 Å². The van der Waals surface area contributed by atoms with Crippen LogP contribution in [0.4, 0.5) is 14.5 Å². The van der Waals surface area contributed by atoms with Crippen molar-refractivity contribution in [2.24, 2.45) is 0 Å². The fourth-order valence-electron chi connectivity index (χ4n) is 2.88. The Labute approximate surface area is 152 Å². The summed E-state index contributed by atoms with van der Waals surface area (Å²) in [5, 5.41) is 13.1. The van der Waals surface area contributed by atoms with Crippen LogP contribution in [0.15, 0.2) is 42.7 Å². The molecule has 3 heterocycles. The molecule has 4 rings (SSSR count). The van der Waals surface area contributed by atoms with Crippen molar-refractivity contribution in [3.8, 4) is 17.7 Å². The number of nitrogens with two attached hydrogens (primary N) is 1. The molecule has 9 heteroatoms. The minimum atomic E-state index is -2.74. The molecule has 2 N–H and O–H groups in total. The average Bonchev–Trinajstić information content (AvgIpc) is 3.23. The zero-order valence-corrected chi connectivity index (χ0v) is 14.1. The number of aryl methyl sites for hydroxylation is 1. The predicted octanol–water partition coefficient (Wildman–Crippen LogP) is 3.31. The van der Waals surface area contributed by atoms with E-state index in [-0.39, 0.29) is 17.1 Å². The van der Waals surface area contributed by atoms with Crippen molar-refractivity contribution in [3.05, 3.63) is 59.7 Å². The molecule has 0 atom stereocenters. The van der Waals surface area contributed by atoms with Gasteiger partial charge < -0.3 is 5.73 Å².